The molecule has 1 amide bonds. The van der Waals surface area contributed by atoms with Crippen LogP contribution in [-0.2, 0) is 10.5 Å². The summed E-state index contributed by atoms with van der Waals surface area (Å²) in [5, 5.41) is 2.86. The number of pyridine rings is 1. The second-order valence-corrected chi connectivity index (χ2v) is 4.58. The molecule has 1 aromatic heterocycles. The Bertz CT molecular complexity index is 303. The first-order valence-corrected chi connectivity index (χ1v) is 6.72. The predicted octanol–water partition coefficient (Wildman–Crippen LogP) is 2.23. The molecule has 1 N–H and O–H groups in total. The number of thioether (sulfide) groups is 1. The molecule has 1 aromatic rings. The Morgan fingerprint density at radius 1 is 1.50 bits per heavy atom. The van der Waals surface area contributed by atoms with E-state index in [0.29, 0.717) is 6.42 Å². The lowest BCUT2D eigenvalue weighted by atomic mass is 10.4. The van der Waals surface area contributed by atoms with Crippen molar-refractivity contribution in [1.29, 1.82) is 0 Å². The Labute approximate surface area is 101 Å². The van der Waals surface area contributed by atoms with Crippen LogP contribution in [0.5, 0.6) is 0 Å². The average Bonchev–Trinajstić information content (AvgIpc) is 2.33. The summed E-state index contributed by atoms with van der Waals surface area (Å²) in [6.45, 7) is 2.83. The van der Waals surface area contributed by atoms with Crippen LogP contribution in [0.15, 0.2) is 24.4 Å². The summed E-state index contributed by atoms with van der Waals surface area (Å²) < 4.78 is 0. The van der Waals surface area contributed by atoms with Gasteiger partial charge >= 0.3 is 0 Å². The maximum absolute atomic E-state index is 11.3. The minimum absolute atomic E-state index is 0.148. The second kappa shape index (κ2) is 8.16. The molecule has 4 heteroatoms. The van der Waals surface area contributed by atoms with Gasteiger partial charge in [-0.3, -0.25) is 9.78 Å². The summed E-state index contributed by atoms with van der Waals surface area (Å²) in [6.07, 6.45) is 3.38. The highest BCUT2D eigenvalue weighted by atomic mass is 32.2. The average molecular weight is 238 g/mol. The Morgan fingerprint density at radius 2 is 2.38 bits per heavy atom. The number of nitrogens with one attached hydrogen (secondary N) is 1. The highest BCUT2D eigenvalue weighted by molar-refractivity contribution is 7.98. The van der Waals surface area contributed by atoms with E-state index in [1.165, 1.54) is 0 Å². The van der Waals surface area contributed by atoms with Crippen LogP contribution in [0.4, 0.5) is 0 Å². The summed E-state index contributed by atoms with van der Waals surface area (Å²) in [5.74, 6) is 1.88. The topological polar surface area (TPSA) is 42.0 Å². The Kier molecular flexibility index (Phi) is 6.65. The van der Waals surface area contributed by atoms with Crippen LogP contribution in [-0.4, -0.2) is 23.2 Å². The lowest BCUT2D eigenvalue weighted by molar-refractivity contribution is -0.120. The number of amides is 1. The van der Waals surface area contributed by atoms with Crippen LogP contribution in [0, 0.1) is 0 Å². The SMILES string of the molecule is CCCNC(=O)CCSCc1ccccn1. The molecular formula is C12H18N2OS. The van der Waals surface area contributed by atoms with Crippen molar-refractivity contribution in [3.8, 4) is 0 Å². The molecule has 0 radical (unpaired) electrons. The molecule has 0 saturated carbocycles. The molecule has 1 rings (SSSR count). The zero-order chi connectivity index (χ0) is 11.6. The molecule has 0 aliphatic rings. The molecule has 0 aliphatic carbocycles. The van der Waals surface area contributed by atoms with Gasteiger partial charge in [-0.15, -0.1) is 0 Å². The maximum Gasteiger partial charge on any atom is 0.220 e. The molecule has 0 aliphatic heterocycles. The van der Waals surface area contributed by atoms with Crippen LogP contribution in [0.2, 0.25) is 0 Å². The number of nitrogens with zero attached hydrogens (tertiary/aromatic N) is 1. The van der Waals surface area contributed by atoms with Crippen molar-refractivity contribution in [2.24, 2.45) is 0 Å². The number of carbonyl (C=O) groups is 1. The fourth-order valence-electron chi connectivity index (χ4n) is 1.18. The predicted molar refractivity (Wildman–Crippen MR) is 68.3 cm³/mol. The third-order valence-electron chi connectivity index (χ3n) is 2.02. The molecule has 0 unspecified atom stereocenters. The summed E-state index contributed by atoms with van der Waals surface area (Å²) in [6, 6.07) is 5.90. The van der Waals surface area contributed by atoms with Crippen molar-refractivity contribution in [1.82, 2.24) is 10.3 Å². The number of rotatable bonds is 7. The van der Waals surface area contributed by atoms with Crippen molar-refractivity contribution in [2.75, 3.05) is 12.3 Å². The van der Waals surface area contributed by atoms with Gasteiger partial charge in [0.2, 0.25) is 5.91 Å². The van der Waals surface area contributed by atoms with E-state index in [-0.39, 0.29) is 5.91 Å². The molecule has 3 nitrogen and oxygen atoms in total. The van der Waals surface area contributed by atoms with E-state index < -0.39 is 0 Å². The first kappa shape index (κ1) is 13.0. The number of hydrogen-bond acceptors (Lipinski definition) is 3. The van der Waals surface area contributed by atoms with Gasteiger partial charge in [0, 0.05) is 30.7 Å². The molecule has 0 bridgehead atoms. The van der Waals surface area contributed by atoms with Gasteiger partial charge in [-0.1, -0.05) is 13.0 Å². The Hall–Kier alpha value is -1.03. The van der Waals surface area contributed by atoms with Crippen molar-refractivity contribution in [3.63, 3.8) is 0 Å². The van der Waals surface area contributed by atoms with E-state index >= 15 is 0 Å². The quantitative estimate of drug-likeness (QED) is 0.741. The zero-order valence-corrected chi connectivity index (χ0v) is 10.4. The summed E-state index contributed by atoms with van der Waals surface area (Å²) in [5.41, 5.74) is 1.07. The van der Waals surface area contributed by atoms with E-state index in [2.05, 4.69) is 17.2 Å². The first-order valence-electron chi connectivity index (χ1n) is 5.57. The molecule has 16 heavy (non-hydrogen) atoms. The van der Waals surface area contributed by atoms with Gasteiger partial charge in [-0.25, -0.2) is 0 Å². The van der Waals surface area contributed by atoms with Crippen LogP contribution >= 0.6 is 11.8 Å². The first-order chi connectivity index (χ1) is 7.83. The lowest BCUT2D eigenvalue weighted by Gasteiger charge is -2.03. The van der Waals surface area contributed by atoms with E-state index in [1.54, 1.807) is 18.0 Å². The van der Waals surface area contributed by atoms with Gasteiger partial charge in [-0.05, 0) is 18.6 Å². The summed E-state index contributed by atoms with van der Waals surface area (Å²) in [7, 11) is 0. The molecule has 1 heterocycles. The van der Waals surface area contributed by atoms with Gasteiger partial charge in [0.1, 0.15) is 0 Å². The zero-order valence-electron chi connectivity index (χ0n) is 9.61. The highest BCUT2D eigenvalue weighted by Crippen LogP contribution is 2.10. The smallest absolute Gasteiger partial charge is 0.220 e. The standard InChI is InChI=1S/C12H18N2OS/c1-2-7-14-12(15)6-9-16-10-11-5-3-4-8-13-11/h3-5,8H,2,6-7,9-10H2,1H3,(H,14,15). The molecule has 0 spiro atoms. The summed E-state index contributed by atoms with van der Waals surface area (Å²) in [4.78, 5) is 15.5. The third kappa shape index (κ3) is 5.75. The van der Waals surface area contributed by atoms with Gasteiger partial charge in [0.15, 0.2) is 0 Å². The number of carbonyl (C=O) groups excluding carboxylic acids is 1. The highest BCUT2D eigenvalue weighted by Gasteiger charge is 2.00. The maximum atomic E-state index is 11.3. The van der Waals surface area contributed by atoms with E-state index in [1.807, 2.05) is 18.2 Å². The van der Waals surface area contributed by atoms with Gasteiger partial charge in [-0.2, -0.15) is 11.8 Å². The van der Waals surface area contributed by atoms with Crippen LogP contribution < -0.4 is 5.32 Å². The van der Waals surface area contributed by atoms with Crippen LogP contribution in [0.1, 0.15) is 25.5 Å². The lowest BCUT2D eigenvalue weighted by Crippen LogP contribution is -2.24. The van der Waals surface area contributed by atoms with Gasteiger partial charge in [0.05, 0.1) is 5.69 Å². The van der Waals surface area contributed by atoms with Gasteiger partial charge in [0.25, 0.3) is 0 Å². The normalized spacial score (nSPS) is 10.1. The molecule has 0 aromatic carbocycles. The molecule has 0 atom stereocenters. The summed E-state index contributed by atoms with van der Waals surface area (Å²) >= 11 is 1.74. The molecule has 0 saturated heterocycles. The van der Waals surface area contributed by atoms with Crippen molar-refractivity contribution >= 4 is 17.7 Å². The van der Waals surface area contributed by atoms with Crippen LogP contribution in [0.3, 0.4) is 0 Å². The third-order valence-corrected chi connectivity index (χ3v) is 3.01. The minimum atomic E-state index is 0.148. The fraction of sp³-hybridized carbons (Fsp3) is 0.500. The Balaban J connectivity index is 2.06. The largest absolute Gasteiger partial charge is 0.356 e. The molecular weight excluding hydrogens is 220 g/mol. The van der Waals surface area contributed by atoms with Gasteiger partial charge < -0.3 is 5.32 Å². The monoisotopic (exact) mass is 238 g/mol. The van der Waals surface area contributed by atoms with Crippen LogP contribution in [0.25, 0.3) is 0 Å². The van der Waals surface area contributed by atoms with E-state index in [0.717, 1.165) is 30.2 Å². The molecule has 0 fully saturated rings. The number of hydrogen-bond donors (Lipinski definition) is 1. The second-order valence-electron chi connectivity index (χ2n) is 3.47. The van der Waals surface area contributed by atoms with Crippen molar-refractivity contribution in [2.45, 2.75) is 25.5 Å². The van der Waals surface area contributed by atoms with Crippen molar-refractivity contribution < 1.29 is 4.79 Å². The number of aromatic nitrogens is 1. The fourth-order valence-corrected chi connectivity index (χ4v) is 2.03. The Morgan fingerprint density at radius 3 is 3.06 bits per heavy atom. The van der Waals surface area contributed by atoms with E-state index in [4.69, 9.17) is 0 Å². The minimum Gasteiger partial charge on any atom is -0.356 e. The molecule has 88 valence electrons. The van der Waals surface area contributed by atoms with Crippen molar-refractivity contribution in [3.05, 3.63) is 30.1 Å². The van der Waals surface area contributed by atoms with E-state index in [9.17, 15) is 4.79 Å².